The van der Waals surface area contributed by atoms with Gasteiger partial charge in [-0.1, -0.05) is 0 Å². The Kier molecular flexibility index (Phi) is 4.58. The molecule has 25 heavy (non-hydrogen) atoms. The normalized spacial score (nSPS) is 19.9. The summed E-state index contributed by atoms with van der Waals surface area (Å²) in [5, 5.41) is 13.5. The highest BCUT2D eigenvalue weighted by Crippen LogP contribution is 2.26. The smallest absolute Gasteiger partial charge is 0.273 e. The van der Waals surface area contributed by atoms with Gasteiger partial charge in [0.1, 0.15) is 29.8 Å². The summed E-state index contributed by atoms with van der Waals surface area (Å²) in [5.74, 6) is 1.63. The van der Waals surface area contributed by atoms with E-state index in [1.807, 2.05) is 30.0 Å². The van der Waals surface area contributed by atoms with Crippen molar-refractivity contribution in [3.05, 3.63) is 30.2 Å². The lowest BCUT2D eigenvalue weighted by atomic mass is 10.0. The van der Waals surface area contributed by atoms with Gasteiger partial charge in [0.25, 0.3) is 5.91 Å². The molecule has 1 saturated heterocycles. The van der Waals surface area contributed by atoms with E-state index in [9.17, 15) is 9.90 Å². The average molecular weight is 346 g/mol. The van der Waals surface area contributed by atoms with Gasteiger partial charge in [0.2, 0.25) is 0 Å². The second-order valence-corrected chi connectivity index (χ2v) is 6.46. The molecule has 1 aliphatic rings. The van der Waals surface area contributed by atoms with Gasteiger partial charge in [-0.3, -0.25) is 4.79 Å². The molecule has 2 aromatic heterocycles. The number of oxazole rings is 1. The monoisotopic (exact) mass is 346 g/mol. The summed E-state index contributed by atoms with van der Waals surface area (Å²) in [6.07, 6.45) is 3.35. The Balaban J connectivity index is 1.61. The molecule has 3 heterocycles. The largest absolute Gasteiger partial charge is 0.448 e. The minimum absolute atomic E-state index is 0.139. The van der Waals surface area contributed by atoms with Crippen molar-refractivity contribution in [1.29, 1.82) is 0 Å². The second-order valence-electron chi connectivity index (χ2n) is 6.46. The highest BCUT2D eigenvalue weighted by Gasteiger charge is 2.37. The first kappa shape index (κ1) is 17.2. The lowest BCUT2D eigenvalue weighted by Crippen LogP contribution is -2.45. The lowest BCUT2D eigenvalue weighted by molar-refractivity contribution is 0.0574. The van der Waals surface area contributed by atoms with Crippen molar-refractivity contribution in [2.45, 2.75) is 18.9 Å². The molecule has 1 aliphatic heterocycles. The fourth-order valence-corrected chi connectivity index (χ4v) is 2.75. The molecule has 2 N–H and O–H groups in total. The average Bonchev–Trinajstić information content (AvgIpc) is 3.20. The number of aryl methyl sites for hydroxylation is 1. The minimum atomic E-state index is -1.02. The highest BCUT2D eigenvalue weighted by atomic mass is 16.3. The Bertz CT molecular complexity index is 762. The van der Waals surface area contributed by atoms with Crippen molar-refractivity contribution in [2.75, 3.05) is 43.5 Å². The van der Waals surface area contributed by atoms with Crippen LogP contribution in [0.4, 0.5) is 11.6 Å². The number of hydrogen-bond acceptors (Lipinski definition) is 8. The number of rotatable bonds is 5. The molecule has 0 saturated carbocycles. The number of nitrogens with one attached hydrogen (secondary N) is 1. The fraction of sp³-hybridized carbons (Fsp3) is 0.500. The Hall–Kier alpha value is -2.68. The molecular weight excluding hydrogens is 324 g/mol. The molecule has 2 aromatic rings. The summed E-state index contributed by atoms with van der Waals surface area (Å²) < 4.78 is 5.03. The molecule has 0 aromatic carbocycles. The highest BCUT2D eigenvalue weighted by molar-refractivity contribution is 5.91. The molecule has 1 amide bonds. The maximum absolute atomic E-state index is 12.0. The standard InChI is InChI=1S/C16H22N6O3/c1-11-20-12(7-25-11)15(23)17-8-16(24)4-5-22(9-16)14-6-13(21(2)3)18-10-19-14/h6-7,10,24H,4-5,8-9H2,1-3H3,(H,17,23). The van der Waals surface area contributed by atoms with E-state index in [4.69, 9.17) is 4.42 Å². The maximum atomic E-state index is 12.0. The SMILES string of the molecule is Cc1nc(C(=O)NCC2(O)CCN(c3cc(N(C)C)ncn3)C2)co1. The van der Waals surface area contributed by atoms with Crippen molar-refractivity contribution in [3.63, 3.8) is 0 Å². The van der Waals surface area contributed by atoms with Crippen LogP contribution in [0.5, 0.6) is 0 Å². The van der Waals surface area contributed by atoms with Crippen molar-refractivity contribution in [1.82, 2.24) is 20.3 Å². The second kappa shape index (κ2) is 6.67. The van der Waals surface area contributed by atoms with Crippen molar-refractivity contribution < 1.29 is 14.3 Å². The van der Waals surface area contributed by atoms with Crippen LogP contribution in [0.15, 0.2) is 23.1 Å². The van der Waals surface area contributed by atoms with E-state index in [-0.39, 0.29) is 18.1 Å². The molecule has 9 heteroatoms. The zero-order valence-corrected chi connectivity index (χ0v) is 14.6. The van der Waals surface area contributed by atoms with Gasteiger partial charge in [0.15, 0.2) is 11.6 Å². The van der Waals surface area contributed by atoms with Crippen LogP contribution in [0.3, 0.4) is 0 Å². The number of nitrogens with zero attached hydrogens (tertiary/aromatic N) is 5. The molecular formula is C16H22N6O3. The number of hydrogen-bond donors (Lipinski definition) is 2. The van der Waals surface area contributed by atoms with Gasteiger partial charge in [-0.05, 0) is 6.42 Å². The lowest BCUT2D eigenvalue weighted by Gasteiger charge is -2.24. The molecule has 9 nitrogen and oxygen atoms in total. The Labute approximate surface area is 145 Å². The summed E-state index contributed by atoms with van der Waals surface area (Å²) in [7, 11) is 3.82. The van der Waals surface area contributed by atoms with Crippen LogP contribution >= 0.6 is 0 Å². The number of aliphatic hydroxyl groups is 1. The molecule has 0 bridgehead atoms. The van der Waals surface area contributed by atoms with E-state index in [1.165, 1.54) is 12.6 Å². The van der Waals surface area contributed by atoms with Crippen LogP contribution in [-0.2, 0) is 0 Å². The molecule has 134 valence electrons. The van der Waals surface area contributed by atoms with E-state index >= 15 is 0 Å². The third-order valence-electron chi connectivity index (χ3n) is 4.18. The van der Waals surface area contributed by atoms with Gasteiger partial charge >= 0.3 is 0 Å². The molecule has 1 unspecified atom stereocenters. The van der Waals surface area contributed by atoms with Gasteiger partial charge in [0, 0.05) is 46.7 Å². The number of β-amino-alcohol motifs (C(OH)–C–C–N with tert-alkyl or cyclic N) is 1. The number of anilines is 2. The Morgan fingerprint density at radius 3 is 2.96 bits per heavy atom. The van der Waals surface area contributed by atoms with Crippen LogP contribution in [0.2, 0.25) is 0 Å². The Morgan fingerprint density at radius 2 is 2.28 bits per heavy atom. The van der Waals surface area contributed by atoms with E-state index in [0.717, 1.165) is 11.6 Å². The molecule has 0 radical (unpaired) electrons. The molecule has 1 fully saturated rings. The summed E-state index contributed by atoms with van der Waals surface area (Å²) in [4.78, 5) is 28.4. The van der Waals surface area contributed by atoms with Crippen molar-refractivity contribution in [3.8, 4) is 0 Å². The van der Waals surface area contributed by atoms with Crippen molar-refractivity contribution in [2.24, 2.45) is 0 Å². The number of carbonyl (C=O) groups is 1. The summed E-state index contributed by atoms with van der Waals surface area (Å²) >= 11 is 0. The van der Waals surface area contributed by atoms with E-state index in [1.54, 1.807) is 6.92 Å². The van der Waals surface area contributed by atoms with Crippen LogP contribution in [0, 0.1) is 6.92 Å². The van der Waals surface area contributed by atoms with Crippen LogP contribution in [0.25, 0.3) is 0 Å². The topological polar surface area (TPSA) is 108 Å². The van der Waals surface area contributed by atoms with Crippen LogP contribution < -0.4 is 15.1 Å². The quantitative estimate of drug-likeness (QED) is 0.791. The Morgan fingerprint density at radius 1 is 1.48 bits per heavy atom. The molecule has 1 atom stereocenters. The molecule has 0 aliphatic carbocycles. The summed E-state index contributed by atoms with van der Waals surface area (Å²) in [6.45, 7) is 2.84. The first-order valence-corrected chi connectivity index (χ1v) is 8.03. The molecule has 3 rings (SSSR count). The van der Waals surface area contributed by atoms with Gasteiger partial charge in [-0.2, -0.15) is 0 Å². The zero-order valence-electron chi connectivity index (χ0n) is 14.6. The zero-order chi connectivity index (χ0) is 18.0. The number of aromatic nitrogens is 3. The summed E-state index contributed by atoms with van der Waals surface area (Å²) in [5.41, 5.74) is -0.806. The first-order chi connectivity index (χ1) is 11.9. The summed E-state index contributed by atoms with van der Waals surface area (Å²) in [6, 6.07) is 1.88. The van der Waals surface area contributed by atoms with Gasteiger partial charge in [0.05, 0.1) is 0 Å². The van der Waals surface area contributed by atoms with Crippen LogP contribution in [0.1, 0.15) is 22.8 Å². The van der Waals surface area contributed by atoms with Gasteiger partial charge < -0.3 is 24.6 Å². The van der Waals surface area contributed by atoms with Gasteiger partial charge in [-0.15, -0.1) is 0 Å². The van der Waals surface area contributed by atoms with E-state index in [2.05, 4.69) is 20.3 Å². The third kappa shape index (κ3) is 3.87. The van der Waals surface area contributed by atoms with Gasteiger partial charge in [-0.25, -0.2) is 15.0 Å². The number of amides is 1. The predicted octanol–water partition coefficient (Wildman–Crippen LogP) is 0.210. The van der Waals surface area contributed by atoms with E-state index in [0.29, 0.717) is 25.4 Å². The third-order valence-corrected chi connectivity index (χ3v) is 4.18. The number of carbonyl (C=O) groups excluding carboxylic acids is 1. The first-order valence-electron chi connectivity index (χ1n) is 8.03. The minimum Gasteiger partial charge on any atom is -0.448 e. The molecule has 0 spiro atoms. The predicted molar refractivity (Wildman–Crippen MR) is 91.7 cm³/mol. The van der Waals surface area contributed by atoms with Crippen LogP contribution in [-0.4, -0.2) is 65.3 Å². The van der Waals surface area contributed by atoms with Crippen molar-refractivity contribution >= 4 is 17.5 Å². The van der Waals surface area contributed by atoms with E-state index < -0.39 is 5.60 Å². The maximum Gasteiger partial charge on any atom is 0.273 e. The fourth-order valence-electron chi connectivity index (χ4n) is 2.75.